The molecule has 0 bridgehead atoms. The molecule has 0 fully saturated rings. The van der Waals surface area contributed by atoms with E-state index >= 15 is 0 Å². The van der Waals surface area contributed by atoms with Gasteiger partial charge in [0.1, 0.15) is 5.69 Å². The van der Waals surface area contributed by atoms with Crippen LogP contribution in [0.25, 0.3) is 11.3 Å². The van der Waals surface area contributed by atoms with Crippen molar-refractivity contribution in [2.24, 2.45) is 0 Å². The number of carboxylic acid groups (broad SMARTS) is 1. The summed E-state index contributed by atoms with van der Waals surface area (Å²) in [6.45, 7) is 4.13. The molecule has 0 aliphatic heterocycles. The lowest BCUT2D eigenvalue weighted by Gasteiger charge is -2.11. The van der Waals surface area contributed by atoms with Crippen LogP contribution in [0.15, 0.2) is 24.3 Å². The van der Waals surface area contributed by atoms with Crippen molar-refractivity contribution in [3.8, 4) is 11.3 Å². The Hall–Kier alpha value is -1.81. The van der Waals surface area contributed by atoms with Gasteiger partial charge in [0.2, 0.25) is 0 Å². The van der Waals surface area contributed by atoms with E-state index in [9.17, 15) is 4.79 Å². The molecule has 1 heterocycles. The maximum Gasteiger partial charge on any atom is 0.353 e. The fourth-order valence-corrected chi connectivity index (χ4v) is 2.00. The van der Waals surface area contributed by atoms with Crippen LogP contribution in [0.2, 0.25) is 5.02 Å². The molecule has 94 valence electrons. The molecular formula is C13H13ClN2O2. The van der Waals surface area contributed by atoms with Crippen LogP contribution in [0.5, 0.6) is 0 Å². The zero-order valence-electron chi connectivity index (χ0n) is 10.1. The van der Waals surface area contributed by atoms with Gasteiger partial charge in [-0.1, -0.05) is 31.5 Å². The van der Waals surface area contributed by atoms with Gasteiger partial charge in [0.15, 0.2) is 0 Å². The molecule has 1 aromatic carbocycles. The van der Waals surface area contributed by atoms with E-state index < -0.39 is 5.97 Å². The van der Waals surface area contributed by atoms with Crippen LogP contribution in [0.4, 0.5) is 0 Å². The molecule has 0 spiro atoms. The fraction of sp³-hybridized carbons (Fsp3) is 0.231. The number of H-pyrrole nitrogens is 1. The van der Waals surface area contributed by atoms with Crippen LogP contribution in [-0.4, -0.2) is 21.3 Å². The van der Waals surface area contributed by atoms with E-state index in [1.54, 1.807) is 6.07 Å². The number of benzene rings is 1. The molecule has 0 saturated heterocycles. The molecule has 4 nitrogen and oxygen atoms in total. The van der Waals surface area contributed by atoms with Crippen molar-refractivity contribution in [1.82, 2.24) is 10.2 Å². The second-order valence-corrected chi connectivity index (χ2v) is 4.79. The Morgan fingerprint density at radius 2 is 2.11 bits per heavy atom. The molecule has 0 unspecified atom stereocenters. The summed E-state index contributed by atoms with van der Waals surface area (Å²) in [6, 6.07) is 7.08. The Morgan fingerprint density at radius 1 is 1.39 bits per heavy atom. The SMILES string of the molecule is CC(C)c1ccc(Cl)cc1-c1cc(C(=O)O)[nH]n1. The van der Waals surface area contributed by atoms with Crippen molar-refractivity contribution in [2.75, 3.05) is 0 Å². The van der Waals surface area contributed by atoms with Crippen molar-refractivity contribution in [2.45, 2.75) is 19.8 Å². The van der Waals surface area contributed by atoms with Gasteiger partial charge in [-0.2, -0.15) is 5.10 Å². The average molecular weight is 265 g/mol. The van der Waals surface area contributed by atoms with Crippen LogP contribution in [0.1, 0.15) is 35.8 Å². The highest BCUT2D eigenvalue weighted by atomic mass is 35.5. The Labute approximate surface area is 110 Å². The average Bonchev–Trinajstić information content (AvgIpc) is 2.77. The molecule has 2 rings (SSSR count). The third-order valence-electron chi connectivity index (χ3n) is 2.72. The second kappa shape index (κ2) is 4.82. The lowest BCUT2D eigenvalue weighted by atomic mass is 9.95. The van der Waals surface area contributed by atoms with Gasteiger partial charge in [-0.05, 0) is 29.7 Å². The third kappa shape index (κ3) is 2.38. The highest BCUT2D eigenvalue weighted by Crippen LogP contribution is 2.30. The number of aromatic nitrogens is 2. The third-order valence-corrected chi connectivity index (χ3v) is 2.96. The largest absolute Gasteiger partial charge is 0.477 e. The van der Waals surface area contributed by atoms with E-state index in [1.165, 1.54) is 6.07 Å². The minimum absolute atomic E-state index is 0.0691. The van der Waals surface area contributed by atoms with Crippen LogP contribution < -0.4 is 0 Å². The van der Waals surface area contributed by atoms with Gasteiger partial charge in [-0.25, -0.2) is 4.79 Å². The normalized spacial score (nSPS) is 10.9. The van der Waals surface area contributed by atoms with E-state index in [0.29, 0.717) is 16.6 Å². The van der Waals surface area contributed by atoms with Gasteiger partial charge in [0.05, 0.1) is 5.69 Å². The maximum atomic E-state index is 10.8. The first-order valence-electron chi connectivity index (χ1n) is 5.57. The maximum absolute atomic E-state index is 10.8. The van der Waals surface area contributed by atoms with Crippen LogP contribution in [-0.2, 0) is 0 Å². The van der Waals surface area contributed by atoms with Crippen molar-refractivity contribution >= 4 is 17.6 Å². The monoisotopic (exact) mass is 264 g/mol. The van der Waals surface area contributed by atoms with Gasteiger partial charge in [0.25, 0.3) is 0 Å². The van der Waals surface area contributed by atoms with Crippen molar-refractivity contribution in [3.63, 3.8) is 0 Å². The van der Waals surface area contributed by atoms with Gasteiger partial charge in [0, 0.05) is 10.6 Å². The van der Waals surface area contributed by atoms with E-state index in [-0.39, 0.29) is 5.69 Å². The van der Waals surface area contributed by atoms with Gasteiger partial charge in [-0.3, -0.25) is 5.10 Å². The predicted octanol–water partition coefficient (Wildman–Crippen LogP) is 3.55. The lowest BCUT2D eigenvalue weighted by Crippen LogP contribution is -1.95. The Balaban J connectivity index is 2.54. The van der Waals surface area contributed by atoms with Crippen molar-refractivity contribution in [1.29, 1.82) is 0 Å². The number of aromatic carboxylic acids is 1. The Bertz CT molecular complexity index is 590. The van der Waals surface area contributed by atoms with Crippen LogP contribution >= 0.6 is 11.6 Å². The Morgan fingerprint density at radius 3 is 2.67 bits per heavy atom. The highest BCUT2D eigenvalue weighted by Gasteiger charge is 2.14. The number of nitrogens with zero attached hydrogens (tertiary/aromatic N) is 1. The molecule has 2 N–H and O–H groups in total. The molecule has 0 saturated carbocycles. The second-order valence-electron chi connectivity index (χ2n) is 4.36. The topological polar surface area (TPSA) is 66.0 Å². The standard InChI is InChI=1S/C13H13ClN2O2/c1-7(2)9-4-3-8(14)5-10(9)11-6-12(13(17)18)16-15-11/h3-7H,1-2H3,(H,15,16)(H,17,18). The summed E-state index contributed by atoms with van der Waals surface area (Å²) >= 11 is 5.99. The first kappa shape index (κ1) is 12.6. The zero-order valence-corrected chi connectivity index (χ0v) is 10.8. The molecule has 5 heteroatoms. The zero-order chi connectivity index (χ0) is 13.3. The molecular weight excluding hydrogens is 252 g/mol. The summed E-state index contributed by atoms with van der Waals surface area (Å²) in [5.41, 5.74) is 2.61. The molecule has 2 aromatic rings. The van der Waals surface area contributed by atoms with Crippen molar-refractivity contribution < 1.29 is 9.90 Å². The number of hydrogen-bond acceptors (Lipinski definition) is 2. The smallest absolute Gasteiger partial charge is 0.353 e. The van der Waals surface area contributed by atoms with Crippen molar-refractivity contribution in [3.05, 3.63) is 40.5 Å². The first-order chi connectivity index (χ1) is 8.49. The number of carboxylic acids is 1. The fourth-order valence-electron chi connectivity index (χ4n) is 1.82. The number of aromatic amines is 1. The first-order valence-corrected chi connectivity index (χ1v) is 5.95. The summed E-state index contributed by atoms with van der Waals surface area (Å²) in [5.74, 6) is -0.718. The van der Waals surface area contributed by atoms with Gasteiger partial charge >= 0.3 is 5.97 Å². The van der Waals surface area contributed by atoms with E-state index in [2.05, 4.69) is 24.0 Å². The number of carbonyl (C=O) groups is 1. The highest BCUT2D eigenvalue weighted by molar-refractivity contribution is 6.30. The quantitative estimate of drug-likeness (QED) is 0.891. The number of halogens is 1. The van der Waals surface area contributed by atoms with E-state index in [0.717, 1.165) is 11.1 Å². The van der Waals surface area contributed by atoms with Crippen LogP contribution in [0, 0.1) is 0 Å². The van der Waals surface area contributed by atoms with Crippen LogP contribution in [0.3, 0.4) is 0 Å². The van der Waals surface area contributed by atoms with E-state index in [1.807, 2.05) is 12.1 Å². The number of nitrogens with one attached hydrogen (secondary N) is 1. The molecule has 0 radical (unpaired) electrons. The molecule has 1 aromatic heterocycles. The molecule has 0 amide bonds. The summed E-state index contributed by atoms with van der Waals surface area (Å²) in [5, 5.41) is 16.0. The van der Waals surface area contributed by atoms with E-state index in [4.69, 9.17) is 16.7 Å². The number of rotatable bonds is 3. The lowest BCUT2D eigenvalue weighted by molar-refractivity contribution is 0.0690. The summed E-state index contributed by atoms with van der Waals surface area (Å²) in [7, 11) is 0. The van der Waals surface area contributed by atoms with Gasteiger partial charge in [-0.15, -0.1) is 0 Å². The molecule has 0 aliphatic rings. The predicted molar refractivity (Wildman–Crippen MR) is 70.1 cm³/mol. The molecule has 0 aliphatic carbocycles. The molecule has 18 heavy (non-hydrogen) atoms. The summed E-state index contributed by atoms with van der Waals surface area (Å²) < 4.78 is 0. The summed E-state index contributed by atoms with van der Waals surface area (Å²) in [4.78, 5) is 10.8. The van der Waals surface area contributed by atoms with Gasteiger partial charge < -0.3 is 5.11 Å². The minimum atomic E-state index is -1.03. The minimum Gasteiger partial charge on any atom is -0.477 e. The number of hydrogen-bond donors (Lipinski definition) is 2. The summed E-state index contributed by atoms with van der Waals surface area (Å²) in [6.07, 6.45) is 0. The Kier molecular flexibility index (Phi) is 3.39. The molecule has 0 atom stereocenters.